The second-order valence-electron chi connectivity index (χ2n) is 7.79. The van der Waals surface area contributed by atoms with Gasteiger partial charge in [0.05, 0.1) is 23.1 Å². The van der Waals surface area contributed by atoms with E-state index in [9.17, 15) is 23.1 Å². The third-order valence-corrected chi connectivity index (χ3v) is 4.96. The maximum absolute atomic E-state index is 12.9. The fraction of sp³-hybridized carbons (Fsp3) is 0.174. The van der Waals surface area contributed by atoms with E-state index in [0.717, 1.165) is 12.1 Å². The number of hydrogen-bond donors (Lipinski definition) is 2. The first-order valence-corrected chi connectivity index (χ1v) is 9.69. The second kappa shape index (κ2) is 7.76. The molecule has 0 aliphatic carbocycles. The molecule has 0 unspecified atom stereocenters. The van der Waals surface area contributed by atoms with Gasteiger partial charge in [-0.2, -0.15) is 18.3 Å². The minimum absolute atomic E-state index is 0.226. The number of nitrogens with one attached hydrogen (secondary N) is 1. The van der Waals surface area contributed by atoms with Gasteiger partial charge < -0.3 is 10.4 Å². The van der Waals surface area contributed by atoms with Crippen LogP contribution in [0.15, 0.2) is 66.9 Å². The lowest BCUT2D eigenvalue weighted by Gasteiger charge is -2.17. The maximum Gasteiger partial charge on any atom is 0.416 e. The van der Waals surface area contributed by atoms with Crippen LogP contribution in [0, 0.1) is 0 Å². The van der Waals surface area contributed by atoms with E-state index < -0.39 is 23.2 Å². The van der Waals surface area contributed by atoms with E-state index in [1.165, 1.54) is 22.8 Å². The number of nitrogens with zero attached hydrogens (tertiary/aromatic N) is 3. The Morgan fingerprint density at radius 3 is 2.19 bits per heavy atom. The van der Waals surface area contributed by atoms with Crippen molar-refractivity contribution in [1.29, 1.82) is 0 Å². The van der Waals surface area contributed by atoms with Gasteiger partial charge in [0, 0.05) is 23.3 Å². The van der Waals surface area contributed by atoms with Crippen molar-refractivity contribution in [2.24, 2.45) is 0 Å². The van der Waals surface area contributed by atoms with Crippen molar-refractivity contribution in [2.75, 3.05) is 5.32 Å². The van der Waals surface area contributed by atoms with E-state index in [-0.39, 0.29) is 5.82 Å². The quantitative estimate of drug-likeness (QED) is 0.473. The van der Waals surface area contributed by atoms with Crippen LogP contribution in [0.5, 0.6) is 0 Å². The number of carbonyl (C=O) groups is 1. The Morgan fingerprint density at radius 1 is 0.969 bits per heavy atom. The fourth-order valence-corrected chi connectivity index (χ4v) is 3.23. The Kier molecular flexibility index (Phi) is 5.21. The van der Waals surface area contributed by atoms with Gasteiger partial charge in [0.25, 0.3) is 5.91 Å². The minimum atomic E-state index is -4.43. The number of alkyl halides is 3. The fourth-order valence-electron chi connectivity index (χ4n) is 3.23. The molecule has 2 heterocycles. The summed E-state index contributed by atoms with van der Waals surface area (Å²) in [5.41, 5.74) is 0.632. The molecule has 164 valence electrons. The lowest BCUT2D eigenvalue weighted by Crippen LogP contribution is -2.17. The molecule has 0 saturated heterocycles. The van der Waals surface area contributed by atoms with E-state index in [2.05, 4.69) is 15.4 Å². The molecular weight excluding hydrogens is 421 g/mol. The zero-order chi connectivity index (χ0) is 23.1. The van der Waals surface area contributed by atoms with Crippen LogP contribution in [0.1, 0.15) is 35.3 Å². The molecule has 0 fully saturated rings. The van der Waals surface area contributed by atoms with Crippen LogP contribution in [-0.4, -0.2) is 25.6 Å². The predicted octanol–water partition coefficient (Wildman–Crippen LogP) is 4.89. The Balaban J connectivity index is 1.65. The van der Waals surface area contributed by atoms with E-state index in [1.54, 1.807) is 50.2 Å². The average Bonchev–Trinajstić information content (AvgIpc) is 3.21. The summed E-state index contributed by atoms with van der Waals surface area (Å²) in [5.74, 6) is -0.188. The van der Waals surface area contributed by atoms with Crippen molar-refractivity contribution in [2.45, 2.75) is 25.6 Å². The Hall–Kier alpha value is -3.72. The normalized spacial score (nSPS) is 12.2. The number of aliphatic hydroxyl groups is 1. The highest BCUT2D eigenvalue weighted by Crippen LogP contribution is 2.31. The number of benzene rings is 2. The van der Waals surface area contributed by atoms with Gasteiger partial charge in [-0.05, 0) is 43.7 Å². The first-order chi connectivity index (χ1) is 15.0. The van der Waals surface area contributed by atoms with E-state index in [0.29, 0.717) is 28.0 Å². The molecule has 2 N–H and O–H groups in total. The Labute approximate surface area is 181 Å². The van der Waals surface area contributed by atoms with Crippen LogP contribution in [0.4, 0.5) is 19.0 Å². The molecule has 32 heavy (non-hydrogen) atoms. The molecule has 0 radical (unpaired) electrons. The standard InChI is InChI=1S/C23H19F3N4O2/c1-22(2,32)16-7-5-15(6-8-16)21(31)29-19-13-18(30-20(28-19)11-12-27-30)14-3-9-17(10-4-14)23(24,25)26/h3-13,32H,1-2H3,(H,28,29,31). The summed E-state index contributed by atoms with van der Waals surface area (Å²) in [6.45, 7) is 3.30. The van der Waals surface area contributed by atoms with Crippen LogP contribution in [0.2, 0.25) is 0 Å². The molecule has 1 amide bonds. The van der Waals surface area contributed by atoms with Gasteiger partial charge in [0.15, 0.2) is 5.65 Å². The molecule has 2 aromatic heterocycles. The molecule has 2 aromatic carbocycles. The van der Waals surface area contributed by atoms with Gasteiger partial charge in [-0.1, -0.05) is 24.3 Å². The van der Waals surface area contributed by atoms with Crippen LogP contribution in [0.3, 0.4) is 0 Å². The summed E-state index contributed by atoms with van der Waals surface area (Å²) in [6.07, 6.45) is -2.92. The largest absolute Gasteiger partial charge is 0.416 e. The molecule has 0 bridgehead atoms. The average molecular weight is 440 g/mol. The molecule has 0 aliphatic rings. The predicted molar refractivity (Wildman–Crippen MR) is 113 cm³/mol. The summed E-state index contributed by atoms with van der Waals surface area (Å²) >= 11 is 0. The van der Waals surface area contributed by atoms with Crippen LogP contribution >= 0.6 is 0 Å². The molecule has 0 atom stereocenters. The number of aromatic nitrogens is 3. The third kappa shape index (κ3) is 4.33. The summed E-state index contributed by atoms with van der Waals surface area (Å²) in [4.78, 5) is 17.0. The van der Waals surface area contributed by atoms with Crippen LogP contribution in [-0.2, 0) is 11.8 Å². The molecular formula is C23H19F3N4O2. The molecule has 6 nitrogen and oxygen atoms in total. The summed E-state index contributed by atoms with van der Waals surface area (Å²) < 4.78 is 40.2. The summed E-state index contributed by atoms with van der Waals surface area (Å²) in [6, 6.07) is 14.4. The molecule has 4 aromatic rings. The van der Waals surface area contributed by atoms with E-state index in [4.69, 9.17) is 0 Å². The molecule has 4 rings (SSSR count). The van der Waals surface area contributed by atoms with Gasteiger partial charge in [-0.3, -0.25) is 4.79 Å². The second-order valence-corrected chi connectivity index (χ2v) is 7.79. The SMILES string of the molecule is CC(C)(O)c1ccc(C(=O)Nc2cc(-c3ccc(C(F)(F)F)cc3)n3nccc3n2)cc1. The van der Waals surface area contributed by atoms with Gasteiger partial charge in [0.2, 0.25) is 0 Å². The van der Waals surface area contributed by atoms with Crippen molar-refractivity contribution in [3.8, 4) is 11.3 Å². The van der Waals surface area contributed by atoms with Crippen LogP contribution in [0.25, 0.3) is 16.9 Å². The molecule has 0 spiro atoms. The number of fused-ring (bicyclic) bond motifs is 1. The molecule has 0 saturated carbocycles. The Bertz CT molecular complexity index is 1270. The first-order valence-electron chi connectivity index (χ1n) is 9.69. The Morgan fingerprint density at radius 2 is 1.59 bits per heavy atom. The van der Waals surface area contributed by atoms with Crippen molar-refractivity contribution < 1.29 is 23.1 Å². The van der Waals surface area contributed by atoms with Crippen molar-refractivity contribution >= 4 is 17.4 Å². The van der Waals surface area contributed by atoms with Gasteiger partial charge >= 0.3 is 6.18 Å². The minimum Gasteiger partial charge on any atom is -0.386 e. The van der Waals surface area contributed by atoms with E-state index >= 15 is 0 Å². The first kappa shape index (κ1) is 21.5. The van der Waals surface area contributed by atoms with Crippen molar-refractivity contribution in [1.82, 2.24) is 14.6 Å². The summed E-state index contributed by atoms with van der Waals surface area (Å²) in [7, 11) is 0. The number of amides is 1. The lowest BCUT2D eigenvalue weighted by molar-refractivity contribution is -0.137. The molecule has 0 aliphatic heterocycles. The van der Waals surface area contributed by atoms with Crippen LogP contribution < -0.4 is 5.32 Å². The monoisotopic (exact) mass is 440 g/mol. The van der Waals surface area contributed by atoms with Gasteiger partial charge in [-0.15, -0.1) is 0 Å². The van der Waals surface area contributed by atoms with Gasteiger partial charge in [0.1, 0.15) is 5.82 Å². The van der Waals surface area contributed by atoms with Crippen molar-refractivity contribution in [3.63, 3.8) is 0 Å². The molecule has 9 heteroatoms. The number of hydrogen-bond acceptors (Lipinski definition) is 4. The summed E-state index contributed by atoms with van der Waals surface area (Å²) in [5, 5.41) is 16.9. The lowest BCUT2D eigenvalue weighted by atomic mass is 9.97. The smallest absolute Gasteiger partial charge is 0.386 e. The number of halogens is 3. The van der Waals surface area contributed by atoms with E-state index in [1.807, 2.05) is 0 Å². The highest BCUT2D eigenvalue weighted by Gasteiger charge is 2.30. The maximum atomic E-state index is 12.9. The van der Waals surface area contributed by atoms with Crippen molar-refractivity contribution in [3.05, 3.63) is 83.6 Å². The number of carbonyl (C=O) groups excluding carboxylic acids is 1. The third-order valence-electron chi connectivity index (χ3n) is 4.96. The number of anilines is 1. The zero-order valence-corrected chi connectivity index (χ0v) is 17.2. The highest BCUT2D eigenvalue weighted by atomic mass is 19.4. The van der Waals surface area contributed by atoms with Gasteiger partial charge in [-0.25, -0.2) is 9.50 Å². The topological polar surface area (TPSA) is 79.5 Å². The highest BCUT2D eigenvalue weighted by molar-refractivity contribution is 6.04. The zero-order valence-electron chi connectivity index (χ0n) is 17.2. The number of rotatable bonds is 4.